The Hall–Kier alpha value is -4.81. The molecule has 0 saturated heterocycles. The lowest BCUT2D eigenvalue weighted by molar-refractivity contribution is -0.384. The van der Waals surface area contributed by atoms with Crippen molar-refractivity contribution in [3.05, 3.63) is 98.7 Å². The Labute approximate surface area is 227 Å². The molecule has 0 spiro atoms. The molecule has 1 unspecified atom stereocenters. The van der Waals surface area contributed by atoms with E-state index >= 15 is 0 Å². The number of hydrogen-bond acceptors (Lipinski definition) is 10. The smallest absolute Gasteiger partial charge is 0.296 e. The summed E-state index contributed by atoms with van der Waals surface area (Å²) in [7, 11) is 1.43. The van der Waals surface area contributed by atoms with Gasteiger partial charge in [0.2, 0.25) is 5.78 Å². The Morgan fingerprint density at radius 1 is 1.26 bits per heavy atom. The summed E-state index contributed by atoms with van der Waals surface area (Å²) >= 11 is 7.17. The van der Waals surface area contributed by atoms with Gasteiger partial charge in [-0.1, -0.05) is 29.0 Å². The van der Waals surface area contributed by atoms with Gasteiger partial charge in [0, 0.05) is 41.0 Å². The summed E-state index contributed by atoms with van der Waals surface area (Å²) in [5.74, 6) is -2.20. The molecule has 0 aliphatic carbocycles. The second kappa shape index (κ2) is 9.19. The van der Waals surface area contributed by atoms with Gasteiger partial charge in [0.25, 0.3) is 11.6 Å². The Bertz CT molecular complexity index is 1860. The highest BCUT2D eigenvalue weighted by Crippen LogP contribution is 2.45. The first-order chi connectivity index (χ1) is 18.8. The number of benzene rings is 2. The summed E-state index contributed by atoms with van der Waals surface area (Å²) in [6, 6.07) is 10.9. The fourth-order valence-corrected chi connectivity index (χ4v) is 5.73. The topological polar surface area (TPSA) is 149 Å². The molecular formula is C26H15ClN4O7S. The fourth-order valence-electron chi connectivity index (χ4n) is 4.49. The highest BCUT2D eigenvalue weighted by atomic mass is 35.5. The molecule has 0 fully saturated rings. The highest BCUT2D eigenvalue weighted by Gasteiger charge is 2.46. The number of Topliss-reactive ketones (excluding diaryl/α,β-unsaturated/α-hetero) is 1. The lowest BCUT2D eigenvalue weighted by Crippen LogP contribution is -2.31. The number of aliphatic hydroxyl groups excluding tert-OH is 1. The largest absolute Gasteiger partial charge is 0.503 e. The summed E-state index contributed by atoms with van der Waals surface area (Å²) in [5, 5.41) is 23.2. The zero-order valence-electron chi connectivity index (χ0n) is 19.8. The molecule has 0 bridgehead atoms. The molecule has 1 amide bonds. The van der Waals surface area contributed by atoms with Gasteiger partial charge in [-0.15, -0.1) is 0 Å². The van der Waals surface area contributed by atoms with Crippen LogP contribution >= 0.6 is 22.9 Å². The van der Waals surface area contributed by atoms with Gasteiger partial charge in [0.15, 0.2) is 28.0 Å². The number of nitro benzene ring substituents is 1. The number of nitrogens with zero attached hydrogens (tertiary/aromatic N) is 4. The molecule has 2 aromatic carbocycles. The van der Waals surface area contributed by atoms with E-state index in [1.165, 1.54) is 54.7 Å². The van der Waals surface area contributed by atoms with Crippen LogP contribution in [0, 0.1) is 10.1 Å². The van der Waals surface area contributed by atoms with Crippen LogP contribution in [-0.2, 0) is 4.79 Å². The van der Waals surface area contributed by atoms with Crippen LogP contribution in [0.2, 0.25) is 5.02 Å². The lowest BCUT2D eigenvalue weighted by Gasteiger charge is -2.23. The number of fused-ring (bicyclic) bond motifs is 2. The third kappa shape index (κ3) is 3.97. The number of carbonyl (C=O) groups excluding carboxylic acids is 2. The van der Waals surface area contributed by atoms with Gasteiger partial charge in [0.1, 0.15) is 0 Å². The van der Waals surface area contributed by atoms with E-state index in [4.69, 9.17) is 20.8 Å². The Balaban J connectivity index is 1.49. The van der Waals surface area contributed by atoms with Gasteiger partial charge in [0.05, 0.1) is 33.9 Å². The van der Waals surface area contributed by atoms with Gasteiger partial charge in [-0.25, -0.2) is 4.98 Å². The maximum Gasteiger partial charge on any atom is 0.296 e. The number of amides is 1. The zero-order valence-corrected chi connectivity index (χ0v) is 21.4. The monoisotopic (exact) mass is 562 g/mol. The second-order valence-corrected chi connectivity index (χ2v) is 9.94. The summed E-state index contributed by atoms with van der Waals surface area (Å²) < 4.78 is 11.6. The number of non-ortho nitro benzene ring substituents is 1. The average molecular weight is 563 g/mol. The number of methoxy groups -OCH3 is 1. The van der Waals surface area contributed by atoms with Crippen LogP contribution in [0.25, 0.3) is 21.2 Å². The van der Waals surface area contributed by atoms with Crippen molar-refractivity contribution in [2.75, 3.05) is 12.0 Å². The number of thiazole rings is 1. The maximum atomic E-state index is 13.8. The van der Waals surface area contributed by atoms with E-state index in [1.54, 1.807) is 18.2 Å². The number of pyridine rings is 1. The van der Waals surface area contributed by atoms with Crippen LogP contribution in [0.5, 0.6) is 5.75 Å². The van der Waals surface area contributed by atoms with Gasteiger partial charge < -0.3 is 14.3 Å². The number of anilines is 1. The number of carbonyl (C=O) groups is 2. The Morgan fingerprint density at radius 2 is 2.08 bits per heavy atom. The fraction of sp³-hybridized carbons (Fsp3) is 0.0769. The Morgan fingerprint density at radius 3 is 2.79 bits per heavy atom. The number of hydrogen-bond donors (Lipinski definition) is 1. The number of aliphatic hydroxyl groups is 1. The van der Waals surface area contributed by atoms with Crippen molar-refractivity contribution in [3.63, 3.8) is 0 Å². The normalized spacial score (nSPS) is 15.5. The lowest BCUT2D eigenvalue weighted by atomic mass is 9.96. The predicted molar refractivity (Wildman–Crippen MR) is 142 cm³/mol. The van der Waals surface area contributed by atoms with E-state index < -0.39 is 28.4 Å². The van der Waals surface area contributed by atoms with Gasteiger partial charge >= 0.3 is 0 Å². The molecule has 1 aliphatic rings. The minimum atomic E-state index is -1.10. The van der Waals surface area contributed by atoms with Crippen LogP contribution < -0.4 is 9.64 Å². The molecule has 1 N–H and O–H groups in total. The van der Waals surface area contributed by atoms with Crippen LogP contribution in [0.1, 0.15) is 22.2 Å². The third-order valence-corrected chi connectivity index (χ3v) is 7.46. The summed E-state index contributed by atoms with van der Waals surface area (Å²) in [6.07, 6.45) is 3.00. The number of aromatic nitrogens is 2. The molecule has 1 atom stereocenters. The van der Waals surface area contributed by atoms with Crippen LogP contribution in [0.4, 0.5) is 10.8 Å². The molecule has 4 heterocycles. The van der Waals surface area contributed by atoms with E-state index in [0.717, 1.165) is 11.3 Å². The van der Waals surface area contributed by atoms with Crippen LogP contribution in [0.15, 0.2) is 76.7 Å². The summed E-state index contributed by atoms with van der Waals surface area (Å²) in [4.78, 5) is 47.7. The quantitative estimate of drug-likeness (QED) is 0.154. The van der Waals surface area contributed by atoms with Crippen molar-refractivity contribution in [1.29, 1.82) is 0 Å². The minimum Gasteiger partial charge on any atom is -0.503 e. The van der Waals surface area contributed by atoms with E-state index in [-0.39, 0.29) is 27.7 Å². The predicted octanol–water partition coefficient (Wildman–Crippen LogP) is 5.79. The van der Waals surface area contributed by atoms with Crippen molar-refractivity contribution in [3.8, 4) is 5.75 Å². The molecule has 0 saturated carbocycles. The van der Waals surface area contributed by atoms with E-state index in [0.29, 0.717) is 31.9 Å². The molecule has 11 nitrogen and oxygen atoms in total. The van der Waals surface area contributed by atoms with E-state index in [1.807, 2.05) is 0 Å². The molecule has 6 rings (SSSR count). The standard InChI is InChI=1S/C26H15ClN4O7S/c1-37-18-9-14(27)7-13-8-17(38-24(13)18)22(32)20-21(12-3-2-6-28-11-12)30(25(34)23(20)33)26-29-16-5-4-15(31(35)36)10-19(16)39-26/h2-11,21,33H,1H3. The number of ketones is 1. The molecule has 13 heteroatoms. The molecule has 194 valence electrons. The SMILES string of the molecule is COc1cc(Cl)cc2cc(C(=O)C3=C(O)C(=O)N(c4nc5ccc([N+](=O)[O-])cc5s4)C3c3cccnc3)oc12. The van der Waals surface area contributed by atoms with Crippen LogP contribution in [0.3, 0.4) is 0 Å². The molecule has 1 aliphatic heterocycles. The maximum absolute atomic E-state index is 13.8. The summed E-state index contributed by atoms with van der Waals surface area (Å²) in [6.45, 7) is 0. The number of ether oxygens (including phenoxy) is 1. The van der Waals surface area contributed by atoms with Crippen LogP contribution in [-0.4, -0.2) is 38.8 Å². The number of nitro groups is 1. The highest BCUT2D eigenvalue weighted by molar-refractivity contribution is 7.22. The molecular weight excluding hydrogens is 548 g/mol. The first-order valence-electron chi connectivity index (χ1n) is 11.3. The molecule has 5 aromatic rings. The number of furan rings is 1. The van der Waals surface area contributed by atoms with E-state index in [9.17, 15) is 24.8 Å². The first kappa shape index (κ1) is 24.5. The second-order valence-electron chi connectivity index (χ2n) is 8.50. The minimum absolute atomic E-state index is 0.133. The summed E-state index contributed by atoms with van der Waals surface area (Å²) in [5.41, 5.74) is 0.755. The van der Waals surface area contributed by atoms with Crippen molar-refractivity contribution < 1.29 is 28.8 Å². The average Bonchev–Trinajstić information content (AvgIpc) is 3.62. The third-order valence-electron chi connectivity index (χ3n) is 6.22. The zero-order chi connectivity index (χ0) is 27.4. The van der Waals surface area contributed by atoms with Crippen molar-refractivity contribution >= 4 is 66.6 Å². The van der Waals surface area contributed by atoms with Gasteiger partial charge in [-0.05, 0) is 29.8 Å². The van der Waals surface area contributed by atoms with Crippen molar-refractivity contribution in [1.82, 2.24) is 9.97 Å². The molecule has 0 radical (unpaired) electrons. The van der Waals surface area contributed by atoms with E-state index in [2.05, 4.69) is 9.97 Å². The van der Waals surface area contributed by atoms with Gasteiger partial charge in [-0.3, -0.25) is 29.6 Å². The van der Waals surface area contributed by atoms with Crippen molar-refractivity contribution in [2.24, 2.45) is 0 Å². The first-order valence-corrected chi connectivity index (χ1v) is 12.5. The number of rotatable bonds is 6. The number of halogens is 1. The molecule has 3 aromatic heterocycles. The Kier molecular flexibility index (Phi) is 5.78. The molecule has 39 heavy (non-hydrogen) atoms. The van der Waals surface area contributed by atoms with Crippen molar-refractivity contribution in [2.45, 2.75) is 6.04 Å². The van der Waals surface area contributed by atoms with Gasteiger partial charge in [-0.2, -0.15) is 0 Å².